The highest BCUT2D eigenvalue weighted by Crippen LogP contribution is 2.41. The van der Waals surface area contributed by atoms with Crippen molar-refractivity contribution in [3.8, 4) is 0 Å². The van der Waals surface area contributed by atoms with Crippen molar-refractivity contribution < 1.29 is 14.7 Å². The Kier molecular flexibility index (Phi) is 5.83. The zero-order valence-electron chi connectivity index (χ0n) is 12.8. The molecule has 1 N–H and O–H groups in total. The maximum atomic E-state index is 12.5. The highest BCUT2D eigenvalue weighted by molar-refractivity contribution is 6.30. The van der Waals surface area contributed by atoms with Gasteiger partial charge in [-0.3, -0.25) is 4.79 Å². The first-order valence-electron chi connectivity index (χ1n) is 7.75. The van der Waals surface area contributed by atoms with Crippen molar-refractivity contribution in [2.75, 3.05) is 6.61 Å². The second kappa shape index (κ2) is 7.63. The van der Waals surface area contributed by atoms with Gasteiger partial charge in [0.2, 0.25) is 0 Å². The summed E-state index contributed by atoms with van der Waals surface area (Å²) in [6, 6.07) is 7.11. The molecular formula is C17H22ClNO3. The molecular weight excluding hydrogens is 302 g/mol. The average Bonchev–Trinajstić information content (AvgIpc) is 2.55. The van der Waals surface area contributed by atoms with E-state index in [0.29, 0.717) is 23.8 Å². The van der Waals surface area contributed by atoms with Crippen LogP contribution in [0.2, 0.25) is 5.02 Å². The van der Waals surface area contributed by atoms with Crippen LogP contribution in [0.3, 0.4) is 0 Å². The van der Waals surface area contributed by atoms with E-state index in [0.717, 1.165) is 37.7 Å². The summed E-state index contributed by atoms with van der Waals surface area (Å²) in [5.74, 6) is -0.176. The first-order valence-corrected chi connectivity index (χ1v) is 8.13. The number of halogens is 1. The van der Waals surface area contributed by atoms with Gasteiger partial charge >= 0.3 is 5.97 Å². The van der Waals surface area contributed by atoms with Gasteiger partial charge in [0.15, 0.2) is 0 Å². The zero-order chi connectivity index (χ0) is 16.0. The summed E-state index contributed by atoms with van der Waals surface area (Å²) in [5.41, 5.74) is 0.711. The van der Waals surface area contributed by atoms with Crippen molar-refractivity contribution in [2.45, 2.75) is 45.4 Å². The van der Waals surface area contributed by atoms with Crippen LogP contribution in [0.5, 0.6) is 0 Å². The second-order valence-corrected chi connectivity index (χ2v) is 6.23. The standard InChI is InChI=1S/C17H22ClNO3/c1-2-22-16(20)17(10-4-3-5-11-17)12-15(19-21)13-6-8-14(18)9-7-13/h6-9,21H,2-5,10-12H2,1H3/b19-15-. The summed E-state index contributed by atoms with van der Waals surface area (Å²) in [7, 11) is 0. The lowest BCUT2D eigenvalue weighted by atomic mass is 9.70. The normalized spacial score (nSPS) is 18.0. The third-order valence-electron chi connectivity index (χ3n) is 4.32. The van der Waals surface area contributed by atoms with Crippen LogP contribution in [0.4, 0.5) is 0 Å². The molecule has 5 heteroatoms. The maximum Gasteiger partial charge on any atom is 0.312 e. The number of hydrogen-bond acceptors (Lipinski definition) is 4. The summed E-state index contributed by atoms with van der Waals surface area (Å²) in [5, 5.41) is 13.5. The summed E-state index contributed by atoms with van der Waals surface area (Å²) < 4.78 is 5.29. The van der Waals surface area contributed by atoms with Gasteiger partial charge in [-0.15, -0.1) is 0 Å². The minimum absolute atomic E-state index is 0.176. The Morgan fingerprint density at radius 1 is 1.27 bits per heavy atom. The van der Waals surface area contributed by atoms with Crippen LogP contribution in [0, 0.1) is 5.41 Å². The molecule has 1 aliphatic rings. The Morgan fingerprint density at radius 3 is 2.45 bits per heavy atom. The molecule has 120 valence electrons. The molecule has 0 amide bonds. The van der Waals surface area contributed by atoms with Crippen LogP contribution in [0.15, 0.2) is 29.4 Å². The summed E-state index contributed by atoms with van der Waals surface area (Å²) in [6.07, 6.45) is 5.07. The van der Waals surface area contributed by atoms with Crippen molar-refractivity contribution in [3.05, 3.63) is 34.9 Å². The fourth-order valence-corrected chi connectivity index (χ4v) is 3.25. The first kappa shape index (κ1) is 16.8. The number of esters is 1. The van der Waals surface area contributed by atoms with Crippen molar-refractivity contribution >= 4 is 23.3 Å². The molecule has 4 nitrogen and oxygen atoms in total. The molecule has 2 rings (SSSR count). The van der Waals surface area contributed by atoms with Crippen LogP contribution in [0.25, 0.3) is 0 Å². The number of oxime groups is 1. The van der Waals surface area contributed by atoms with Crippen LogP contribution < -0.4 is 0 Å². The van der Waals surface area contributed by atoms with Gasteiger partial charge in [0.1, 0.15) is 0 Å². The van der Waals surface area contributed by atoms with Crippen molar-refractivity contribution in [1.29, 1.82) is 0 Å². The molecule has 1 fully saturated rings. The van der Waals surface area contributed by atoms with Gasteiger partial charge in [0, 0.05) is 11.4 Å². The monoisotopic (exact) mass is 323 g/mol. The third-order valence-corrected chi connectivity index (χ3v) is 4.58. The van der Waals surface area contributed by atoms with Gasteiger partial charge in [-0.1, -0.05) is 48.2 Å². The lowest BCUT2D eigenvalue weighted by Gasteiger charge is -2.35. The van der Waals surface area contributed by atoms with E-state index in [1.54, 1.807) is 24.3 Å². The summed E-state index contributed by atoms with van der Waals surface area (Å²) >= 11 is 5.89. The van der Waals surface area contributed by atoms with E-state index >= 15 is 0 Å². The number of benzene rings is 1. The van der Waals surface area contributed by atoms with Crippen molar-refractivity contribution in [1.82, 2.24) is 0 Å². The number of carbonyl (C=O) groups is 1. The van der Waals surface area contributed by atoms with E-state index in [1.807, 2.05) is 6.92 Å². The van der Waals surface area contributed by atoms with Crippen molar-refractivity contribution in [3.63, 3.8) is 0 Å². The molecule has 0 unspecified atom stereocenters. The highest BCUT2D eigenvalue weighted by atomic mass is 35.5. The number of carbonyl (C=O) groups excluding carboxylic acids is 1. The lowest BCUT2D eigenvalue weighted by Crippen LogP contribution is -2.37. The van der Waals surface area contributed by atoms with E-state index in [4.69, 9.17) is 16.3 Å². The molecule has 0 aliphatic heterocycles. The molecule has 22 heavy (non-hydrogen) atoms. The molecule has 0 heterocycles. The molecule has 0 aromatic heterocycles. The molecule has 1 aliphatic carbocycles. The predicted octanol–water partition coefficient (Wildman–Crippen LogP) is 4.42. The minimum atomic E-state index is -0.574. The van der Waals surface area contributed by atoms with E-state index in [-0.39, 0.29) is 5.97 Å². The quantitative estimate of drug-likeness (QED) is 0.377. The number of hydrogen-bond donors (Lipinski definition) is 1. The molecule has 0 atom stereocenters. The lowest BCUT2D eigenvalue weighted by molar-refractivity contribution is -0.157. The summed E-state index contributed by atoms with van der Waals surface area (Å²) in [6.45, 7) is 2.18. The van der Waals surface area contributed by atoms with Gasteiger partial charge in [0.05, 0.1) is 17.7 Å². The first-order chi connectivity index (χ1) is 10.6. The Hall–Kier alpha value is -1.55. The van der Waals surface area contributed by atoms with Crippen LogP contribution in [-0.4, -0.2) is 23.5 Å². The molecule has 1 aromatic rings. The number of ether oxygens (including phenoxy) is 1. The van der Waals surface area contributed by atoms with Gasteiger partial charge in [-0.2, -0.15) is 0 Å². The average molecular weight is 324 g/mol. The van der Waals surface area contributed by atoms with E-state index in [2.05, 4.69) is 5.16 Å². The summed E-state index contributed by atoms with van der Waals surface area (Å²) in [4.78, 5) is 12.5. The minimum Gasteiger partial charge on any atom is -0.466 e. The van der Waals surface area contributed by atoms with Crippen LogP contribution >= 0.6 is 11.6 Å². The maximum absolute atomic E-state index is 12.5. The Morgan fingerprint density at radius 2 is 1.91 bits per heavy atom. The number of rotatable bonds is 5. The predicted molar refractivity (Wildman–Crippen MR) is 86.5 cm³/mol. The van der Waals surface area contributed by atoms with E-state index < -0.39 is 5.41 Å². The molecule has 0 spiro atoms. The van der Waals surface area contributed by atoms with Gasteiger partial charge in [-0.05, 0) is 37.5 Å². The highest BCUT2D eigenvalue weighted by Gasteiger charge is 2.42. The smallest absolute Gasteiger partial charge is 0.312 e. The van der Waals surface area contributed by atoms with E-state index in [1.165, 1.54) is 0 Å². The fourth-order valence-electron chi connectivity index (χ4n) is 3.12. The topological polar surface area (TPSA) is 58.9 Å². The van der Waals surface area contributed by atoms with Crippen molar-refractivity contribution in [2.24, 2.45) is 10.6 Å². The van der Waals surface area contributed by atoms with E-state index in [9.17, 15) is 10.0 Å². The van der Waals surface area contributed by atoms with Gasteiger partial charge < -0.3 is 9.94 Å². The Bertz CT molecular complexity index is 533. The SMILES string of the molecule is CCOC(=O)C1(C/C(=N/O)c2ccc(Cl)cc2)CCCCC1. The largest absolute Gasteiger partial charge is 0.466 e. The second-order valence-electron chi connectivity index (χ2n) is 5.79. The van der Waals surface area contributed by atoms with Crippen LogP contribution in [0.1, 0.15) is 51.0 Å². The third kappa shape index (κ3) is 3.80. The zero-order valence-corrected chi connectivity index (χ0v) is 13.6. The molecule has 0 radical (unpaired) electrons. The molecule has 1 aromatic carbocycles. The molecule has 0 saturated heterocycles. The Labute approximate surface area is 136 Å². The molecule has 0 bridgehead atoms. The number of nitrogens with zero attached hydrogens (tertiary/aromatic N) is 1. The van der Waals surface area contributed by atoms with Gasteiger partial charge in [0.25, 0.3) is 0 Å². The van der Waals surface area contributed by atoms with Gasteiger partial charge in [-0.25, -0.2) is 0 Å². The Balaban J connectivity index is 2.24. The van der Waals surface area contributed by atoms with Crippen LogP contribution in [-0.2, 0) is 9.53 Å². The molecule has 1 saturated carbocycles. The fraction of sp³-hybridized carbons (Fsp3) is 0.529.